The number of quaternary nitrogens is 1. The Balaban J connectivity index is 1.51. The Morgan fingerprint density at radius 1 is 1.13 bits per heavy atom. The van der Waals surface area contributed by atoms with Crippen molar-refractivity contribution in [2.24, 2.45) is 0 Å². The SMILES string of the molecule is O=C(NCCC[NH+]1CCOCC1)C1(c2ccccc2)CCCC1. The lowest BCUT2D eigenvalue weighted by atomic mass is 9.78. The van der Waals surface area contributed by atoms with Crippen LogP contribution in [0.3, 0.4) is 0 Å². The van der Waals surface area contributed by atoms with Crippen molar-refractivity contribution in [3.05, 3.63) is 35.9 Å². The van der Waals surface area contributed by atoms with E-state index in [0.29, 0.717) is 0 Å². The van der Waals surface area contributed by atoms with Crippen LogP contribution in [0.5, 0.6) is 0 Å². The fourth-order valence-corrected chi connectivity index (χ4v) is 4.00. The van der Waals surface area contributed by atoms with Crippen LogP contribution in [0.25, 0.3) is 0 Å². The zero-order valence-electron chi connectivity index (χ0n) is 14.0. The number of amides is 1. The van der Waals surface area contributed by atoms with Crippen LogP contribution in [0.4, 0.5) is 0 Å². The standard InChI is InChI=1S/C19H28N2O2/c22-18(20-11-6-12-21-13-15-23-16-14-21)19(9-4-5-10-19)17-7-2-1-3-8-17/h1-3,7-8H,4-6,9-16H2,(H,20,22)/p+1. The zero-order chi connectivity index (χ0) is 16.0. The van der Waals surface area contributed by atoms with E-state index in [4.69, 9.17) is 4.74 Å². The molecule has 4 heteroatoms. The van der Waals surface area contributed by atoms with E-state index in [1.165, 1.54) is 5.56 Å². The Kier molecular flexibility index (Phi) is 5.68. The van der Waals surface area contributed by atoms with Gasteiger partial charge in [-0.05, 0) is 18.4 Å². The second-order valence-electron chi connectivity index (χ2n) is 6.88. The summed E-state index contributed by atoms with van der Waals surface area (Å²) >= 11 is 0. The van der Waals surface area contributed by atoms with Gasteiger partial charge in [0.25, 0.3) is 0 Å². The summed E-state index contributed by atoms with van der Waals surface area (Å²) in [7, 11) is 0. The molecule has 23 heavy (non-hydrogen) atoms. The van der Waals surface area contributed by atoms with Gasteiger partial charge in [-0.3, -0.25) is 4.79 Å². The van der Waals surface area contributed by atoms with Gasteiger partial charge in [-0.15, -0.1) is 0 Å². The van der Waals surface area contributed by atoms with Crippen LogP contribution in [-0.2, 0) is 14.9 Å². The molecular formula is C19H29N2O2+. The van der Waals surface area contributed by atoms with Gasteiger partial charge in [0.1, 0.15) is 13.1 Å². The summed E-state index contributed by atoms with van der Waals surface area (Å²) < 4.78 is 5.38. The molecule has 0 bridgehead atoms. The predicted molar refractivity (Wildman–Crippen MR) is 90.6 cm³/mol. The van der Waals surface area contributed by atoms with Gasteiger partial charge in [0.2, 0.25) is 5.91 Å². The molecule has 2 fully saturated rings. The molecule has 1 saturated heterocycles. The maximum Gasteiger partial charge on any atom is 0.230 e. The summed E-state index contributed by atoms with van der Waals surface area (Å²) in [5.41, 5.74) is 0.904. The lowest BCUT2D eigenvalue weighted by molar-refractivity contribution is -0.908. The average molecular weight is 317 g/mol. The quantitative estimate of drug-likeness (QED) is 0.766. The number of nitrogens with one attached hydrogen (secondary N) is 2. The number of ether oxygens (including phenoxy) is 1. The van der Waals surface area contributed by atoms with Crippen molar-refractivity contribution in [1.82, 2.24) is 5.32 Å². The van der Waals surface area contributed by atoms with Crippen LogP contribution in [0.2, 0.25) is 0 Å². The summed E-state index contributed by atoms with van der Waals surface area (Å²) in [6, 6.07) is 10.3. The van der Waals surface area contributed by atoms with Gasteiger partial charge in [-0.2, -0.15) is 0 Å². The van der Waals surface area contributed by atoms with Gasteiger partial charge in [0, 0.05) is 13.0 Å². The molecule has 2 N–H and O–H groups in total. The number of morpholine rings is 1. The molecule has 0 aromatic heterocycles. The molecule has 1 aromatic carbocycles. The number of rotatable bonds is 6. The summed E-state index contributed by atoms with van der Waals surface area (Å²) in [5, 5.41) is 3.22. The van der Waals surface area contributed by atoms with Crippen molar-refractivity contribution in [2.45, 2.75) is 37.5 Å². The zero-order valence-corrected chi connectivity index (χ0v) is 14.0. The van der Waals surface area contributed by atoms with Crippen LogP contribution in [0, 0.1) is 0 Å². The second-order valence-corrected chi connectivity index (χ2v) is 6.88. The highest BCUT2D eigenvalue weighted by atomic mass is 16.5. The molecule has 0 atom stereocenters. The first-order chi connectivity index (χ1) is 11.3. The third-order valence-corrected chi connectivity index (χ3v) is 5.41. The van der Waals surface area contributed by atoms with Gasteiger partial charge in [-0.25, -0.2) is 0 Å². The monoisotopic (exact) mass is 317 g/mol. The first-order valence-electron chi connectivity index (χ1n) is 9.06. The van der Waals surface area contributed by atoms with Gasteiger partial charge in [0.05, 0.1) is 25.2 Å². The number of benzene rings is 1. The highest BCUT2D eigenvalue weighted by molar-refractivity contribution is 5.88. The van der Waals surface area contributed by atoms with E-state index >= 15 is 0 Å². The second kappa shape index (κ2) is 7.93. The molecule has 1 amide bonds. The van der Waals surface area contributed by atoms with Gasteiger partial charge < -0.3 is 15.0 Å². The van der Waals surface area contributed by atoms with Gasteiger partial charge >= 0.3 is 0 Å². The molecule has 1 heterocycles. The van der Waals surface area contributed by atoms with E-state index in [-0.39, 0.29) is 11.3 Å². The highest BCUT2D eigenvalue weighted by Gasteiger charge is 2.42. The minimum atomic E-state index is -0.285. The fraction of sp³-hybridized carbons (Fsp3) is 0.632. The topological polar surface area (TPSA) is 42.8 Å². The predicted octanol–water partition coefficient (Wildman–Crippen LogP) is 0.920. The third kappa shape index (κ3) is 3.93. The molecule has 2 aliphatic rings. The number of hydrogen-bond donors (Lipinski definition) is 2. The molecule has 0 spiro atoms. The largest absolute Gasteiger partial charge is 0.370 e. The Hall–Kier alpha value is -1.39. The van der Waals surface area contributed by atoms with Crippen LogP contribution < -0.4 is 10.2 Å². The third-order valence-electron chi connectivity index (χ3n) is 5.41. The van der Waals surface area contributed by atoms with Crippen LogP contribution in [0.1, 0.15) is 37.7 Å². The highest BCUT2D eigenvalue weighted by Crippen LogP contribution is 2.41. The molecular weight excluding hydrogens is 288 g/mol. The first kappa shape index (κ1) is 16.5. The summed E-state index contributed by atoms with van der Waals surface area (Å²) in [5.74, 6) is 0.234. The average Bonchev–Trinajstić information content (AvgIpc) is 3.11. The first-order valence-corrected chi connectivity index (χ1v) is 9.06. The molecule has 3 rings (SSSR count). The van der Waals surface area contributed by atoms with Gasteiger partial charge in [-0.1, -0.05) is 43.2 Å². The molecule has 0 radical (unpaired) electrons. The molecule has 1 aliphatic heterocycles. The lowest BCUT2D eigenvalue weighted by Gasteiger charge is -2.28. The van der Waals surface area contributed by atoms with E-state index in [1.54, 1.807) is 4.90 Å². The van der Waals surface area contributed by atoms with E-state index in [2.05, 4.69) is 17.4 Å². The Morgan fingerprint density at radius 2 is 1.83 bits per heavy atom. The van der Waals surface area contributed by atoms with E-state index in [9.17, 15) is 4.79 Å². The maximum atomic E-state index is 12.9. The summed E-state index contributed by atoms with van der Waals surface area (Å²) in [6.45, 7) is 5.86. The summed E-state index contributed by atoms with van der Waals surface area (Å²) in [4.78, 5) is 14.5. The number of hydrogen-bond acceptors (Lipinski definition) is 2. The molecule has 4 nitrogen and oxygen atoms in total. The normalized spacial score (nSPS) is 21.2. The van der Waals surface area contributed by atoms with Crippen molar-refractivity contribution in [1.29, 1.82) is 0 Å². The van der Waals surface area contributed by atoms with Crippen molar-refractivity contribution < 1.29 is 14.4 Å². The van der Waals surface area contributed by atoms with Gasteiger partial charge in [0.15, 0.2) is 0 Å². The molecule has 1 aromatic rings. The molecule has 1 aliphatic carbocycles. The molecule has 1 saturated carbocycles. The van der Waals surface area contributed by atoms with Crippen molar-refractivity contribution >= 4 is 5.91 Å². The van der Waals surface area contributed by atoms with E-state index < -0.39 is 0 Å². The molecule has 0 unspecified atom stereocenters. The Bertz CT molecular complexity index is 491. The smallest absolute Gasteiger partial charge is 0.230 e. The summed E-state index contributed by atoms with van der Waals surface area (Å²) in [6.07, 6.45) is 5.32. The maximum absolute atomic E-state index is 12.9. The van der Waals surface area contributed by atoms with Crippen LogP contribution in [-0.4, -0.2) is 45.3 Å². The number of carbonyl (C=O) groups excluding carboxylic acids is 1. The van der Waals surface area contributed by atoms with Crippen molar-refractivity contribution in [3.63, 3.8) is 0 Å². The van der Waals surface area contributed by atoms with Crippen LogP contribution in [0.15, 0.2) is 30.3 Å². The van der Waals surface area contributed by atoms with E-state index in [0.717, 1.165) is 71.5 Å². The molecule has 126 valence electrons. The van der Waals surface area contributed by atoms with Crippen LogP contribution >= 0.6 is 0 Å². The van der Waals surface area contributed by atoms with Crippen molar-refractivity contribution in [2.75, 3.05) is 39.4 Å². The fourth-order valence-electron chi connectivity index (χ4n) is 4.00. The van der Waals surface area contributed by atoms with Crippen molar-refractivity contribution in [3.8, 4) is 0 Å². The Labute approximate surface area is 139 Å². The lowest BCUT2D eigenvalue weighted by Crippen LogP contribution is -3.14. The van der Waals surface area contributed by atoms with E-state index in [1.807, 2.05) is 18.2 Å². The minimum Gasteiger partial charge on any atom is -0.370 e. The Morgan fingerprint density at radius 3 is 2.52 bits per heavy atom. The number of carbonyl (C=O) groups is 1. The minimum absolute atomic E-state index is 0.234.